The summed E-state index contributed by atoms with van der Waals surface area (Å²) in [5, 5.41) is 0. The van der Waals surface area contributed by atoms with Crippen LogP contribution in [0.15, 0.2) is 43.0 Å². The van der Waals surface area contributed by atoms with Crippen molar-refractivity contribution in [1.82, 2.24) is 4.90 Å². The van der Waals surface area contributed by atoms with Crippen LogP contribution in [-0.4, -0.2) is 43.7 Å². The molecule has 0 aliphatic rings. The number of hydrogen-bond acceptors (Lipinski definition) is 3. The van der Waals surface area contributed by atoms with E-state index in [-0.39, 0.29) is 5.91 Å². The predicted octanol–water partition coefficient (Wildman–Crippen LogP) is 1.22. The maximum Gasteiger partial charge on any atom is 0.240 e. The number of ether oxygens (including phenoxy) is 1. The Balaban J connectivity index is 2.59. The lowest BCUT2D eigenvalue weighted by Gasteiger charge is -2.24. The Morgan fingerprint density at radius 1 is 1.47 bits per heavy atom. The number of carbonyl (C=O) groups excluding carboxylic acids is 1. The van der Waals surface area contributed by atoms with Gasteiger partial charge in [0, 0.05) is 20.2 Å². The number of rotatable bonds is 8. The fourth-order valence-electron chi connectivity index (χ4n) is 1.84. The fourth-order valence-corrected chi connectivity index (χ4v) is 1.84. The molecule has 19 heavy (non-hydrogen) atoms. The maximum absolute atomic E-state index is 12.2. The molecule has 4 nitrogen and oxygen atoms in total. The van der Waals surface area contributed by atoms with Crippen LogP contribution < -0.4 is 5.73 Å². The lowest BCUT2D eigenvalue weighted by atomic mass is 10.1. The molecule has 1 aromatic rings. The van der Waals surface area contributed by atoms with Gasteiger partial charge in [0.05, 0.1) is 12.6 Å². The average Bonchev–Trinajstić information content (AvgIpc) is 2.43. The SMILES string of the molecule is C=CCN(CCOC)C(=O)[C@@H](N)Cc1ccccc1. The van der Waals surface area contributed by atoms with E-state index in [0.29, 0.717) is 26.1 Å². The van der Waals surface area contributed by atoms with E-state index in [1.165, 1.54) is 0 Å². The molecule has 0 saturated carbocycles. The Morgan fingerprint density at radius 3 is 2.74 bits per heavy atom. The van der Waals surface area contributed by atoms with Crippen LogP contribution in [0.4, 0.5) is 0 Å². The van der Waals surface area contributed by atoms with Gasteiger partial charge in [-0.1, -0.05) is 36.4 Å². The van der Waals surface area contributed by atoms with Gasteiger partial charge in [-0.05, 0) is 12.0 Å². The highest BCUT2D eigenvalue weighted by molar-refractivity contribution is 5.82. The van der Waals surface area contributed by atoms with Crippen LogP contribution in [0.3, 0.4) is 0 Å². The van der Waals surface area contributed by atoms with Crippen LogP contribution in [-0.2, 0) is 16.0 Å². The molecule has 0 radical (unpaired) electrons. The smallest absolute Gasteiger partial charge is 0.240 e. The third-order valence-corrected chi connectivity index (χ3v) is 2.84. The second-order valence-corrected chi connectivity index (χ2v) is 4.36. The zero-order valence-corrected chi connectivity index (χ0v) is 11.4. The van der Waals surface area contributed by atoms with Gasteiger partial charge in [-0.2, -0.15) is 0 Å². The third-order valence-electron chi connectivity index (χ3n) is 2.84. The molecule has 0 aliphatic heterocycles. The molecule has 104 valence electrons. The van der Waals surface area contributed by atoms with Crippen LogP contribution in [0.2, 0.25) is 0 Å². The van der Waals surface area contributed by atoms with Gasteiger partial charge in [-0.3, -0.25) is 4.79 Å². The third kappa shape index (κ3) is 5.24. The van der Waals surface area contributed by atoms with Crippen LogP contribution in [0, 0.1) is 0 Å². The zero-order chi connectivity index (χ0) is 14.1. The highest BCUT2D eigenvalue weighted by atomic mass is 16.5. The van der Waals surface area contributed by atoms with E-state index in [9.17, 15) is 4.79 Å². The van der Waals surface area contributed by atoms with Crippen LogP contribution >= 0.6 is 0 Å². The molecule has 0 fully saturated rings. The van der Waals surface area contributed by atoms with Gasteiger partial charge in [0.25, 0.3) is 0 Å². The Bertz CT molecular complexity index is 392. The molecule has 4 heteroatoms. The number of nitrogens with zero attached hydrogens (tertiary/aromatic N) is 1. The molecule has 0 heterocycles. The zero-order valence-electron chi connectivity index (χ0n) is 11.4. The molecule has 0 bridgehead atoms. The Kier molecular flexibility index (Phi) is 6.85. The summed E-state index contributed by atoms with van der Waals surface area (Å²) in [6.45, 7) is 5.18. The molecule has 0 aromatic heterocycles. The van der Waals surface area contributed by atoms with Crippen molar-refractivity contribution in [3.8, 4) is 0 Å². The van der Waals surface area contributed by atoms with E-state index in [0.717, 1.165) is 5.56 Å². The van der Waals surface area contributed by atoms with Gasteiger partial charge in [0.15, 0.2) is 0 Å². The number of amides is 1. The van der Waals surface area contributed by atoms with E-state index in [2.05, 4.69) is 6.58 Å². The van der Waals surface area contributed by atoms with Gasteiger partial charge >= 0.3 is 0 Å². The van der Waals surface area contributed by atoms with Crippen molar-refractivity contribution in [3.63, 3.8) is 0 Å². The summed E-state index contributed by atoms with van der Waals surface area (Å²) in [6.07, 6.45) is 2.24. The molecular formula is C15H22N2O2. The van der Waals surface area contributed by atoms with Gasteiger partial charge in [-0.15, -0.1) is 6.58 Å². The van der Waals surface area contributed by atoms with Crippen molar-refractivity contribution < 1.29 is 9.53 Å². The lowest BCUT2D eigenvalue weighted by molar-refractivity contribution is -0.132. The molecule has 1 amide bonds. The van der Waals surface area contributed by atoms with Crippen LogP contribution in [0.25, 0.3) is 0 Å². The molecule has 0 unspecified atom stereocenters. The molecule has 2 N–H and O–H groups in total. The minimum absolute atomic E-state index is 0.0687. The number of benzene rings is 1. The number of carbonyl (C=O) groups is 1. The Hall–Kier alpha value is -1.65. The quantitative estimate of drug-likeness (QED) is 0.717. The first-order valence-electron chi connectivity index (χ1n) is 6.37. The minimum Gasteiger partial charge on any atom is -0.383 e. The maximum atomic E-state index is 12.2. The van der Waals surface area contributed by atoms with E-state index >= 15 is 0 Å². The summed E-state index contributed by atoms with van der Waals surface area (Å²) in [6, 6.07) is 9.25. The summed E-state index contributed by atoms with van der Waals surface area (Å²) in [7, 11) is 1.61. The van der Waals surface area contributed by atoms with Crippen molar-refractivity contribution in [2.24, 2.45) is 5.73 Å². The van der Waals surface area contributed by atoms with E-state index in [4.69, 9.17) is 10.5 Å². The molecular weight excluding hydrogens is 240 g/mol. The topological polar surface area (TPSA) is 55.6 Å². The average molecular weight is 262 g/mol. The van der Waals surface area contributed by atoms with Crippen molar-refractivity contribution in [2.75, 3.05) is 26.8 Å². The highest BCUT2D eigenvalue weighted by Crippen LogP contribution is 2.04. The van der Waals surface area contributed by atoms with E-state index in [1.54, 1.807) is 18.1 Å². The van der Waals surface area contributed by atoms with E-state index in [1.807, 2.05) is 30.3 Å². The Labute approximate surface area is 114 Å². The number of hydrogen-bond donors (Lipinski definition) is 1. The fraction of sp³-hybridized carbons (Fsp3) is 0.400. The molecule has 0 spiro atoms. The summed E-state index contributed by atoms with van der Waals surface area (Å²) in [5.41, 5.74) is 7.05. The monoisotopic (exact) mass is 262 g/mol. The summed E-state index contributed by atoms with van der Waals surface area (Å²) in [5.74, 6) is -0.0687. The standard InChI is InChI=1S/C15H22N2O2/c1-3-9-17(10-11-19-2)15(18)14(16)12-13-7-5-4-6-8-13/h3-8,14H,1,9-12,16H2,2H3/t14-/m0/s1. The lowest BCUT2D eigenvalue weighted by Crippen LogP contribution is -2.46. The normalized spacial score (nSPS) is 11.9. The van der Waals surface area contributed by atoms with Gasteiger partial charge < -0.3 is 15.4 Å². The summed E-state index contributed by atoms with van der Waals surface area (Å²) < 4.78 is 5.00. The number of nitrogens with two attached hydrogens (primary N) is 1. The first kappa shape index (κ1) is 15.4. The minimum atomic E-state index is -0.529. The first-order chi connectivity index (χ1) is 9.19. The van der Waals surface area contributed by atoms with Gasteiger partial charge in [-0.25, -0.2) is 0 Å². The largest absolute Gasteiger partial charge is 0.383 e. The molecule has 0 aliphatic carbocycles. The van der Waals surface area contributed by atoms with Crippen molar-refractivity contribution in [3.05, 3.63) is 48.6 Å². The predicted molar refractivity (Wildman–Crippen MR) is 76.8 cm³/mol. The van der Waals surface area contributed by atoms with Gasteiger partial charge in [0.2, 0.25) is 5.91 Å². The van der Waals surface area contributed by atoms with Crippen molar-refractivity contribution >= 4 is 5.91 Å². The molecule has 1 atom stereocenters. The second-order valence-electron chi connectivity index (χ2n) is 4.36. The Morgan fingerprint density at radius 2 is 2.16 bits per heavy atom. The summed E-state index contributed by atoms with van der Waals surface area (Å²) >= 11 is 0. The summed E-state index contributed by atoms with van der Waals surface area (Å²) in [4.78, 5) is 13.9. The van der Waals surface area contributed by atoms with Gasteiger partial charge in [0.1, 0.15) is 0 Å². The first-order valence-corrected chi connectivity index (χ1v) is 6.37. The molecule has 0 saturated heterocycles. The van der Waals surface area contributed by atoms with E-state index < -0.39 is 6.04 Å². The number of methoxy groups -OCH3 is 1. The molecule has 1 aromatic carbocycles. The van der Waals surface area contributed by atoms with Crippen molar-refractivity contribution in [2.45, 2.75) is 12.5 Å². The highest BCUT2D eigenvalue weighted by Gasteiger charge is 2.20. The molecule has 1 rings (SSSR count). The van der Waals surface area contributed by atoms with Crippen LogP contribution in [0.5, 0.6) is 0 Å². The van der Waals surface area contributed by atoms with Crippen molar-refractivity contribution in [1.29, 1.82) is 0 Å². The second kappa shape index (κ2) is 8.45. The van der Waals surface area contributed by atoms with Crippen LogP contribution in [0.1, 0.15) is 5.56 Å².